The van der Waals surface area contributed by atoms with Gasteiger partial charge in [0.1, 0.15) is 25.2 Å². The van der Waals surface area contributed by atoms with Gasteiger partial charge in [-0.2, -0.15) is 4.31 Å². The van der Waals surface area contributed by atoms with Crippen molar-refractivity contribution in [3.05, 3.63) is 125 Å². The molecule has 0 radical (unpaired) electrons. The highest BCUT2D eigenvalue weighted by molar-refractivity contribution is 7.89. The van der Waals surface area contributed by atoms with Gasteiger partial charge < -0.3 is 30.8 Å². The Bertz CT molecular complexity index is 2330. The lowest BCUT2D eigenvalue weighted by atomic mass is 9.97. The Morgan fingerprint density at radius 1 is 0.806 bits per heavy atom. The Labute approximate surface area is 362 Å². The van der Waals surface area contributed by atoms with E-state index in [0.29, 0.717) is 55.4 Å². The van der Waals surface area contributed by atoms with Crippen LogP contribution < -0.4 is 16.0 Å². The summed E-state index contributed by atoms with van der Waals surface area (Å²) in [7, 11) is -2.74. The number of amides is 3. The van der Waals surface area contributed by atoms with Crippen molar-refractivity contribution in [3.63, 3.8) is 0 Å². The number of sulfonamides is 1. The van der Waals surface area contributed by atoms with Gasteiger partial charge in [-0.25, -0.2) is 18.0 Å². The molecule has 62 heavy (non-hydrogen) atoms. The fourth-order valence-electron chi connectivity index (χ4n) is 8.07. The highest BCUT2D eigenvalue weighted by Gasteiger charge is 2.40. The van der Waals surface area contributed by atoms with Gasteiger partial charge in [0.05, 0.1) is 18.0 Å². The number of Topliss-reactive ketones (excluding diaryl/α,β-unsaturated/α-hetero) is 1. The average Bonchev–Trinajstić information content (AvgIpc) is 3.91. The van der Waals surface area contributed by atoms with Gasteiger partial charge in [-0.1, -0.05) is 97.4 Å². The molecule has 3 atom stereocenters. The molecule has 4 N–H and O–H groups in total. The van der Waals surface area contributed by atoms with Crippen molar-refractivity contribution in [2.45, 2.75) is 87.2 Å². The number of rotatable bonds is 20. The van der Waals surface area contributed by atoms with Crippen LogP contribution in [0.4, 0.5) is 4.79 Å². The third-order valence-corrected chi connectivity index (χ3v) is 13.2. The minimum Gasteiger partial charge on any atom is -0.467 e. The summed E-state index contributed by atoms with van der Waals surface area (Å²) in [4.78, 5) is 65.9. The van der Waals surface area contributed by atoms with Crippen LogP contribution in [0.1, 0.15) is 73.6 Å². The van der Waals surface area contributed by atoms with Gasteiger partial charge in [0.2, 0.25) is 21.8 Å². The van der Waals surface area contributed by atoms with Gasteiger partial charge in [-0.3, -0.25) is 14.4 Å². The Morgan fingerprint density at radius 3 is 2.08 bits per heavy atom. The van der Waals surface area contributed by atoms with E-state index in [1.807, 2.05) is 48.5 Å². The Hall–Kier alpha value is -6.19. The van der Waals surface area contributed by atoms with Crippen LogP contribution in [0.3, 0.4) is 0 Å². The van der Waals surface area contributed by atoms with Gasteiger partial charge in [0, 0.05) is 31.0 Å². The topological polar surface area (TPSA) is 201 Å². The van der Waals surface area contributed by atoms with E-state index in [0.717, 1.165) is 22.3 Å². The summed E-state index contributed by atoms with van der Waals surface area (Å²) < 4.78 is 38.4. The van der Waals surface area contributed by atoms with Crippen LogP contribution in [0.5, 0.6) is 0 Å². The maximum absolute atomic E-state index is 13.7. The SMILES string of the molecule is COC(=O)[C@H](Cc1ccc(CC(=O)[C@@H](CCCCC(C)=N)NC(=O)CNC(=O)OCC2c3ccccc3-c3ccccc32)cc1)NC(=O)[C@@H]1CCCN1S(=O)(=O)c1ccccc1. The molecule has 0 aromatic heterocycles. The second-order valence-electron chi connectivity index (χ2n) is 15.7. The molecule has 0 spiro atoms. The highest BCUT2D eigenvalue weighted by Crippen LogP contribution is 2.44. The molecular weight excluding hydrogens is 811 g/mol. The molecule has 1 heterocycles. The maximum atomic E-state index is 13.7. The van der Waals surface area contributed by atoms with E-state index >= 15 is 0 Å². The molecule has 1 fully saturated rings. The van der Waals surface area contributed by atoms with Crippen LogP contribution in [0.2, 0.25) is 0 Å². The molecule has 326 valence electrons. The number of methoxy groups -OCH3 is 1. The average molecular weight is 864 g/mol. The van der Waals surface area contributed by atoms with Gasteiger partial charge in [-0.15, -0.1) is 0 Å². The zero-order chi connectivity index (χ0) is 44.2. The molecule has 3 amide bonds. The fourth-order valence-corrected chi connectivity index (χ4v) is 9.75. The monoisotopic (exact) mass is 863 g/mol. The van der Waals surface area contributed by atoms with Crippen LogP contribution >= 0.6 is 0 Å². The number of nitrogens with one attached hydrogen (secondary N) is 4. The normalized spacial score (nSPS) is 15.7. The number of unbranched alkanes of at least 4 members (excludes halogenated alkanes) is 1. The molecule has 14 nitrogen and oxygen atoms in total. The van der Waals surface area contributed by atoms with Crippen LogP contribution in [0, 0.1) is 5.41 Å². The lowest BCUT2D eigenvalue weighted by Crippen LogP contribution is -2.51. The lowest BCUT2D eigenvalue weighted by Gasteiger charge is -2.25. The zero-order valence-electron chi connectivity index (χ0n) is 34.9. The second kappa shape index (κ2) is 21.1. The van der Waals surface area contributed by atoms with Crippen molar-refractivity contribution in [1.82, 2.24) is 20.3 Å². The first-order valence-electron chi connectivity index (χ1n) is 20.8. The van der Waals surface area contributed by atoms with Crippen molar-refractivity contribution < 1.29 is 41.9 Å². The van der Waals surface area contributed by atoms with Gasteiger partial charge in [0.25, 0.3) is 0 Å². The Morgan fingerprint density at radius 2 is 1.44 bits per heavy atom. The number of hydrogen-bond donors (Lipinski definition) is 4. The van der Waals surface area contributed by atoms with E-state index in [1.54, 1.807) is 49.4 Å². The molecule has 1 aliphatic carbocycles. The number of benzene rings is 4. The predicted octanol–water partition coefficient (Wildman–Crippen LogP) is 5.48. The van der Waals surface area contributed by atoms with E-state index in [1.165, 1.54) is 23.5 Å². The van der Waals surface area contributed by atoms with Crippen molar-refractivity contribution in [2.75, 3.05) is 26.8 Å². The quantitative estimate of drug-likeness (QED) is 0.0505. The lowest BCUT2D eigenvalue weighted by molar-refractivity contribution is -0.145. The zero-order valence-corrected chi connectivity index (χ0v) is 35.7. The van der Waals surface area contributed by atoms with E-state index in [9.17, 15) is 32.4 Å². The summed E-state index contributed by atoms with van der Waals surface area (Å²) in [6, 6.07) is 27.8. The molecule has 4 aromatic rings. The Kier molecular flexibility index (Phi) is 15.4. The summed E-state index contributed by atoms with van der Waals surface area (Å²) in [6.07, 6.45) is 2.23. The minimum absolute atomic E-state index is 0.0147. The number of carbonyl (C=O) groups excluding carboxylic acids is 5. The standard InChI is InChI=1S/C47H53N5O9S/c1-31(48)13-6-11-20-40(50-44(54)29-49-47(57)61-30-39-37-18-9-7-16-35(37)36-17-8-10-19-38(36)39)43(53)28-33-24-22-32(23-25-33)27-41(46(56)60-2)51-45(55)42-21-12-26-52(42)62(58,59)34-14-4-3-5-15-34/h3-5,7-10,14-19,22-25,39-42,48H,6,11-13,20-21,26-30H2,1-2H3,(H,49,57)(H,50,54)(H,51,55)/t40-,41+,42+/m1/s1. The van der Waals surface area contributed by atoms with E-state index in [2.05, 4.69) is 16.0 Å². The number of nitrogens with zero attached hydrogens (tertiary/aromatic N) is 1. The van der Waals surface area contributed by atoms with E-state index < -0.39 is 58.6 Å². The van der Waals surface area contributed by atoms with Crippen LogP contribution in [0.25, 0.3) is 11.1 Å². The first-order valence-corrected chi connectivity index (χ1v) is 22.3. The molecular formula is C47H53N5O9S. The number of hydrogen-bond acceptors (Lipinski definition) is 10. The highest BCUT2D eigenvalue weighted by atomic mass is 32.2. The van der Waals surface area contributed by atoms with Crippen molar-refractivity contribution >= 4 is 45.4 Å². The molecule has 2 aliphatic rings. The summed E-state index contributed by atoms with van der Waals surface area (Å²) in [5.41, 5.74) is 6.15. The van der Waals surface area contributed by atoms with Crippen LogP contribution in [0.15, 0.2) is 108 Å². The molecule has 15 heteroatoms. The van der Waals surface area contributed by atoms with Gasteiger partial charge in [-0.05, 0) is 84.5 Å². The number of alkyl carbamates (subject to hydrolysis) is 1. The maximum Gasteiger partial charge on any atom is 0.407 e. The van der Waals surface area contributed by atoms with Crippen LogP contribution in [-0.2, 0) is 51.5 Å². The first-order chi connectivity index (χ1) is 29.8. The molecule has 0 unspecified atom stereocenters. The predicted molar refractivity (Wildman–Crippen MR) is 233 cm³/mol. The summed E-state index contributed by atoms with van der Waals surface area (Å²) in [5.74, 6) is -2.23. The molecule has 1 saturated heterocycles. The first kappa shape index (κ1) is 45.3. The fraction of sp³-hybridized carbons (Fsp3) is 0.362. The van der Waals surface area contributed by atoms with E-state index in [-0.39, 0.29) is 42.6 Å². The smallest absolute Gasteiger partial charge is 0.407 e. The Balaban J connectivity index is 1.02. The molecule has 4 aromatic carbocycles. The van der Waals surface area contributed by atoms with Crippen molar-refractivity contribution in [3.8, 4) is 11.1 Å². The molecule has 0 saturated carbocycles. The number of fused-ring (bicyclic) bond motifs is 3. The van der Waals surface area contributed by atoms with Gasteiger partial charge >= 0.3 is 12.1 Å². The largest absolute Gasteiger partial charge is 0.467 e. The van der Waals surface area contributed by atoms with Crippen molar-refractivity contribution in [1.29, 1.82) is 5.41 Å². The molecule has 0 bridgehead atoms. The van der Waals surface area contributed by atoms with Crippen molar-refractivity contribution in [2.24, 2.45) is 0 Å². The summed E-state index contributed by atoms with van der Waals surface area (Å²) >= 11 is 0. The van der Waals surface area contributed by atoms with E-state index in [4.69, 9.17) is 14.9 Å². The summed E-state index contributed by atoms with van der Waals surface area (Å²) in [5, 5.41) is 15.7. The third kappa shape index (κ3) is 11.4. The molecule has 1 aliphatic heterocycles. The minimum atomic E-state index is -3.94. The number of ketones is 1. The number of carbonyl (C=O) groups is 5. The number of esters is 1. The summed E-state index contributed by atoms with van der Waals surface area (Å²) in [6.45, 7) is 1.58. The second-order valence-corrected chi connectivity index (χ2v) is 17.6. The van der Waals surface area contributed by atoms with Gasteiger partial charge in [0.15, 0.2) is 5.78 Å². The van der Waals surface area contributed by atoms with Crippen LogP contribution in [-0.4, -0.2) is 93.0 Å². The molecule has 6 rings (SSSR count). The number of ether oxygens (including phenoxy) is 2. The third-order valence-electron chi connectivity index (χ3n) is 11.3.